The third kappa shape index (κ3) is 6.24. The first-order chi connectivity index (χ1) is 11.5. The number of likely N-dealkylation sites (tertiary alicyclic amines) is 1. The topological polar surface area (TPSA) is 57.7 Å². The van der Waals surface area contributed by atoms with E-state index in [1.165, 1.54) is 23.4 Å². The fourth-order valence-electron chi connectivity index (χ4n) is 3.04. The van der Waals surface area contributed by atoms with E-state index in [2.05, 4.69) is 0 Å². The van der Waals surface area contributed by atoms with Crippen LogP contribution in [-0.4, -0.2) is 56.0 Å². The molecule has 0 N–H and O–H groups in total. The highest BCUT2D eigenvalue weighted by molar-refractivity contribution is 7.88. The number of hydrogen-bond donors (Lipinski definition) is 0. The molecule has 0 spiro atoms. The van der Waals surface area contributed by atoms with Gasteiger partial charge < -0.3 is 4.90 Å². The summed E-state index contributed by atoms with van der Waals surface area (Å²) in [4.78, 5) is 14.3. The monoisotopic (exact) mass is 352 g/mol. The van der Waals surface area contributed by atoms with Gasteiger partial charge in [0.25, 0.3) is 0 Å². The van der Waals surface area contributed by atoms with Crippen molar-refractivity contribution in [2.24, 2.45) is 0 Å². The van der Waals surface area contributed by atoms with Crippen LogP contribution in [0, 0.1) is 0 Å². The van der Waals surface area contributed by atoms with E-state index in [4.69, 9.17) is 0 Å². The summed E-state index contributed by atoms with van der Waals surface area (Å²) < 4.78 is 25.4. The number of benzene rings is 1. The van der Waals surface area contributed by atoms with Gasteiger partial charge in [0.1, 0.15) is 0 Å². The summed E-state index contributed by atoms with van der Waals surface area (Å²) in [5.41, 5.74) is 1.10. The van der Waals surface area contributed by atoms with E-state index in [0.717, 1.165) is 31.5 Å². The normalized spacial score (nSPS) is 16.2. The molecule has 134 valence electrons. The molecule has 1 aromatic carbocycles. The number of carbonyl (C=O) groups is 1. The van der Waals surface area contributed by atoms with Crippen LogP contribution in [0.4, 0.5) is 0 Å². The van der Waals surface area contributed by atoms with Crippen LogP contribution >= 0.6 is 0 Å². The molecule has 0 aliphatic carbocycles. The van der Waals surface area contributed by atoms with E-state index in [1.807, 2.05) is 35.2 Å². The highest BCUT2D eigenvalue weighted by atomic mass is 32.2. The Kier molecular flexibility index (Phi) is 7.24. The fraction of sp³-hybridized carbons (Fsp3) is 0.611. The molecule has 1 aliphatic rings. The summed E-state index contributed by atoms with van der Waals surface area (Å²) in [5, 5.41) is 0. The van der Waals surface area contributed by atoms with E-state index in [0.29, 0.717) is 13.0 Å². The van der Waals surface area contributed by atoms with Crippen molar-refractivity contribution in [3.8, 4) is 0 Å². The lowest BCUT2D eigenvalue weighted by molar-refractivity contribution is -0.131. The molecule has 1 saturated heterocycles. The SMILES string of the molecule is CS(=O)(=O)N(CCC(=O)N1CCCCCC1)CCc1ccccc1. The first-order valence-corrected chi connectivity index (χ1v) is 10.6. The maximum atomic E-state index is 12.4. The molecule has 6 heteroatoms. The molecule has 1 aliphatic heterocycles. The lowest BCUT2D eigenvalue weighted by Gasteiger charge is -2.23. The predicted octanol–water partition coefficient (Wildman–Crippen LogP) is 2.28. The third-order valence-electron chi connectivity index (χ3n) is 4.50. The Hall–Kier alpha value is -1.40. The number of sulfonamides is 1. The largest absolute Gasteiger partial charge is 0.343 e. The molecule has 0 aromatic heterocycles. The van der Waals surface area contributed by atoms with Crippen LogP contribution in [-0.2, 0) is 21.2 Å². The molecule has 0 unspecified atom stereocenters. The first kappa shape index (κ1) is 18.9. The Balaban J connectivity index is 1.88. The van der Waals surface area contributed by atoms with Crippen molar-refractivity contribution in [3.63, 3.8) is 0 Å². The molecule has 0 radical (unpaired) electrons. The van der Waals surface area contributed by atoms with Crippen LogP contribution in [0.1, 0.15) is 37.7 Å². The van der Waals surface area contributed by atoms with Gasteiger partial charge in [-0.2, -0.15) is 0 Å². The van der Waals surface area contributed by atoms with Crippen LogP contribution in [0.3, 0.4) is 0 Å². The standard InChI is InChI=1S/C18H28N2O3S/c1-24(22,23)20(15-11-17-9-5-4-6-10-17)16-12-18(21)19-13-7-2-3-8-14-19/h4-6,9-10H,2-3,7-8,11-16H2,1H3. The second-order valence-corrected chi connectivity index (χ2v) is 8.43. The number of nitrogens with zero attached hydrogens (tertiary/aromatic N) is 2. The molecule has 1 fully saturated rings. The Labute approximate surface area is 145 Å². The van der Waals surface area contributed by atoms with Gasteiger partial charge in [0.05, 0.1) is 6.26 Å². The maximum Gasteiger partial charge on any atom is 0.223 e. The highest BCUT2D eigenvalue weighted by Crippen LogP contribution is 2.12. The van der Waals surface area contributed by atoms with Crippen molar-refractivity contribution in [2.45, 2.75) is 38.5 Å². The predicted molar refractivity (Wildman–Crippen MR) is 96.2 cm³/mol. The van der Waals surface area contributed by atoms with Crippen molar-refractivity contribution in [1.82, 2.24) is 9.21 Å². The second-order valence-electron chi connectivity index (χ2n) is 6.44. The number of amides is 1. The van der Waals surface area contributed by atoms with E-state index >= 15 is 0 Å². The molecular formula is C18H28N2O3S. The number of carbonyl (C=O) groups excluding carboxylic acids is 1. The maximum absolute atomic E-state index is 12.4. The average Bonchev–Trinajstić information content (AvgIpc) is 2.83. The van der Waals surface area contributed by atoms with Crippen molar-refractivity contribution in [2.75, 3.05) is 32.4 Å². The zero-order valence-corrected chi connectivity index (χ0v) is 15.3. The minimum atomic E-state index is -3.31. The third-order valence-corrected chi connectivity index (χ3v) is 5.80. The molecular weight excluding hydrogens is 324 g/mol. The Morgan fingerprint density at radius 2 is 1.67 bits per heavy atom. The van der Waals surface area contributed by atoms with Gasteiger partial charge in [-0.3, -0.25) is 4.79 Å². The summed E-state index contributed by atoms with van der Waals surface area (Å²) in [6.07, 6.45) is 6.60. The van der Waals surface area contributed by atoms with Crippen LogP contribution in [0.15, 0.2) is 30.3 Å². The Morgan fingerprint density at radius 1 is 1.04 bits per heavy atom. The van der Waals surface area contributed by atoms with Crippen molar-refractivity contribution in [3.05, 3.63) is 35.9 Å². The molecule has 1 heterocycles. The summed E-state index contributed by atoms with van der Waals surface area (Å²) >= 11 is 0. The van der Waals surface area contributed by atoms with Crippen LogP contribution in [0.25, 0.3) is 0 Å². The Bertz CT molecular complexity index is 608. The Morgan fingerprint density at radius 3 is 2.25 bits per heavy atom. The summed E-state index contributed by atoms with van der Waals surface area (Å²) in [6.45, 7) is 2.29. The molecule has 2 rings (SSSR count). The quantitative estimate of drug-likeness (QED) is 0.756. The van der Waals surface area contributed by atoms with Gasteiger partial charge in [-0.15, -0.1) is 0 Å². The molecule has 0 saturated carbocycles. The molecule has 24 heavy (non-hydrogen) atoms. The zero-order valence-electron chi connectivity index (χ0n) is 14.5. The summed E-state index contributed by atoms with van der Waals surface area (Å²) in [5.74, 6) is 0.0743. The van der Waals surface area contributed by atoms with Gasteiger partial charge in [-0.25, -0.2) is 12.7 Å². The minimum absolute atomic E-state index is 0.0743. The number of rotatable bonds is 7. The second kappa shape index (κ2) is 9.18. The van der Waals surface area contributed by atoms with Crippen molar-refractivity contribution in [1.29, 1.82) is 0 Å². The van der Waals surface area contributed by atoms with Crippen LogP contribution < -0.4 is 0 Å². The van der Waals surface area contributed by atoms with Gasteiger partial charge in [-0.1, -0.05) is 43.2 Å². The molecule has 1 aromatic rings. The lowest BCUT2D eigenvalue weighted by atomic mass is 10.1. The van der Waals surface area contributed by atoms with Crippen LogP contribution in [0.2, 0.25) is 0 Å². The fourth-order valence-corrected chi connectivity index (χ4v) is 3.89. The summed E-state index contributed by atoms with van der Waals surface area (Å²) in [7, 11) is -3.31. The van der Waals surface area contributed by atoms with Crippen LogP contribution in [0.5, 0.6) is 0 Å². The van der Waals surface area contributed by atoms with Crippen molar-refractivity contribution < 1.29 is 13.2 Å². The zero-order chi connectivity index (χ0) is 17.4. The van der Waals surface area contributed by atoms with Crippen molar-refractivity contribution >= 4 is 15.9 Å². The lowest BCUT2D eigenvalue weighted by Crippen LogP contribution is -2.38. The smallest absolute Gasteiger partial charge is 0.223 e. The minimum Gasteiger partial charge on any atom is -0.343 e. The summed E-state index contributed by atoms with van der Waals surface area (Å²) in [6, 6.07) is 9.81. The number of hydrogen-bond acceptors (Lipinski definition) is 3. The van der Waals surface area contributed by atoms with Gasteiger partial charge in [-0.05, 0) is 24.8 Å². The first-order valence-electron chi connectivity index (χ1n) is 8.73. The molecule has 1 amide bonds. The molecule has 0 atom stereocenters. The van der Waals surface area contributed by atoms with E-state index in [1.54, 1.807) is 0 Å². The van der Waals surface area contributed by atoms with E-state index in [-0.39, 0.29) is 18.9 Å². The molecule has 0 bridgehead atoms. The highest BCUT2D eigenvalue weighted by Gasteiger charge is 2.20. The van der Waals surface area contributed by atoms with Gasteiger partial charge in [0, 0.05) is 32.6 Å². The van der Waals surface area contributed by atoms with E-state index in [9.17, 15) is 13.2 Å². The van der Waals surface area contributed by atoms with E-state index < -0.39 is 10.0 Å². The average molecular weight is 353 g/mol. The van der Waals surface area contributed by atoms with Gasteiger partial charge in [0.2, 0.25) is 15.9 Å². The van der Waals surface area contributed by atoms with Gasteiger partial charge in [0.15, 0.2) is 0 Å². The van der Waals surface area contributed by atoms with Gasteiger partial charge >= 0.3 is 0 Å². The molecule has 5 nitrogen and oxygen atoms in total.